The number of cyclic esters (lactones) is 1. The summed E-state index contributed by atoms with van der Waals surface area (Å²) in [6.45, 7) is 1.85. The molecular weight excluding hydrogens is 421 g/mol. The van der Waals surface area contributed by atoms with E-state index in [2.05, 4.69) is 10.6 Å². The van der Waals surface area contributed by atoms with Gasteiger partial charge in [-0.15, -0.1) is 11.3 Å². The first-order chi connectivity index (χ1) is 15.0. The summed E-state index contributed by atoms with van der Waals surface area (Å²) < 4.78 is 20.0. The minimum Gasteiger partial charge on any atom is -0.442 e. The monoisotopic (exact) mass is 445 g/mol. The highest BCUT2D eigenvalue weighted by atomic mass is 32.1. The van der Waals surface area contributed by atoms with E-state index in [0.29, 0.717) is 22.7 Å². The lowest BCUT2D eigenvalue weighted by Gasteiger charge is -2.21. The molecule has 2 atom stereocenters. The fourth-order valence-electron chi connectivity index (χ4n) is 3.99. The van der Waals surface area contributed by atoms with Gasteiger partial charge in [-0.05, 0) is 36.5 Å². The first-order valence-electron chi connectivity index (χ1n) is 10.3. The molecule has 0 spiro atoms. The Labute approximate surface area is 183 Å². The van der Waals surface area contributed by atoms with Gasteiger partial charge in [-0.3, -0.25) is 14.5 Å². The molecule has 2 aromatic rings. The zero-order chi connectivity index (χ0) is 21.8. The third-order valence-electron chi connectivity index (χ3n) is 5.57. The number of hydrogen-bond acceptors (Lipinski definition) is 6. The topological polar surface area (TPSA) is 87.7 Å². The Morgan fingerprint density at radius 2 is 2.13 bits per heavy atom. The fraction of sp³-hybridized carbons (Fsp3) is 0.409. The van der Waals surface area contributed by atoms with Crippen LogP contribution in [0.4, 0.5) is 14.9 Å². The summed E-state index contributed by atoms with van der Waals surface area (Å²) in [6.07, 6.45) is -0.0813. The predicted molar refractivity (Wildman–Crippen MR) is 115 cm³/mol. The molecule has 0 aliphatic carbocycles. The van der Waals surface area contributed by atoms with Crippen molar-refractivity contribution in [2.45, 2.75) is 31.3 Å². The van der Waals surface area contributed by atoms with Gasteiger partial charge in [0, 0.05) is 30.9 Å². The Morgan fingerprint density at radius 3 is 2.87 bits per heavy atom. The van der Waals surface area contributed by atoms with Gasteiger partial charge in [-0.25, -0.2) is 9.18 Å². The average molecular weight is 446 g/mol. The molecule has 2 amide bonds. The van der Waals surface area contributed by atoms with Crippen LogP contribution in [0.1, 0.15) is 40.4 Å². The smallest absolute Gasteiger partial charge is 0.414 e. The normalized spacial score (nSPS) is 20.7. The van der Waals surface area contributed by atoms with Crippen molar-refractivity contribution in [2.75, 3.05) is 31.1 Å². The summed E-state index contributed by atoms with van der Waals surface area (Å²) in [5, 5.41) is 7.77. The van der Waals surface area contributed by atoms with E-state index in [1.165, 1.54) is 22.3 Å². The van der Waals surface area contributed by atoms with Gasteiger partial charge in [0.05, 0.1) is 23.7 Å². The highest BCUT2D eigenvalue weighted by molar-refractivity contribution is 7.12. The molecule has 2 fully saturated rings. The molecule has 1 unspecified atom stereocenters. The molecule has 31 heavy (non-hydrogen) atoms. The number of rotatable bonds is 8. The van der Waals surface area contributed by atoms with Gasteiger partial charge in [-0.2, -0.15) is 0 Å². The van der Waals surface area contributed by atoms with E-state index in [1.54, 1.807) is 24.3 Å². The second-order valence-corrected chi connectivity index (χ2v) is 8.63. The van der Waals surface area contributed by atoms with Crippen molar-refractivity contribution in [1.82, 2.24) is 10.6 Å². The summed E-state index contributed by atoms with van der Waals surface area (Å²) >= 11 is 1.35. The Morgan fingerprint density at radius 1 is 1.26 bits per heavy atom. The lowest BCUT2D eigenvalue weighted by Crippen LogP contribution is -2.35. The number of amides is 2. The molecule has 0 bridgehead atoms. The van der Waals surface area contributed by atoms with Gasteiger partial charge in [0.25, 0.3) is 0 Å². The molecule has 2 aliphatic rings. The summed E-state index contributed by atoms with van der Waals surface area (Å²) in [5.74, 6) is -0.665. The Hall–Kier alpha value is -2.78. The zero-order valence-electron chi connectivity index (χ0n) is 16.9. The van der Waals surface area contributed by atoms with E-state index in [1.807, 2.05) is 5.38 Å². The number of ketones is 1. The minimum atomic E-state index is -0.551. The maximum atomic E-state index is 14.6. The van der Waals surface area contributed by atoms with Crippen LogP contribution < -0.4 is 15.5 Å². The molecule has 0 saturated carbocycles. The third kappa shape index (κ3) is 4.94. The van der Waals surface area contributed by atoms with Gasteiger partial charge in [-0.1, -0.05) is 12.1 Å². The number of halogens is 1. The fourth-order valence-corrected chi connectivity index (χ4v) is 4.69. The number of nitrogens with one attached hydrogen (secondary N) is 2. The number of thiophene rings is 1. The van der Waals surface area contributed by atoms with Crippen molar-refractivity contribution in [2.24, 2.45) is 0 Å². The number of Topliss-reactive ketones (excluding diaryl/α,β-unsaturated/α-hetero) is 1. The zero-order valence-corrected chi connectivity index (χ0v) is 17.8. The lowest BCUT2D eigenvalue weighted by molar-refractivity contribution is -0.121. The summed E-state index contributed by atoms with van der Waals surface area (Å²) in [6, 6.07) is 8.26. The quantitative estimate of drug-likeness (QED) is 0.610. The number of ether oxygens (including phenoxy) is 1. The molecule has 4 rings (SSSR count). The molecule has 2 aliphatic heterocycles. The van der Waals surface area contributed by atoms with Crippen LogP contribution in [0.25, 0.3) is 0 Å². The van der Waals surface area contributed by atoms with E-state index in [9.17, 15) is 18.8 Å². The van der Waals surface area contributed by atoms with Crippen LogP contribution in [0.3, 0.4) is 0 Å². The van der Waals surface area contributed by atoms with E-state index >= 15 is 0 Å². The number of carbonyl (C=O) groups excluding carboxylic acids is 3. The number of anilines is 1. The van der Waals surface area contributed by atoms with E-state index in [0.717, 1.165) is 13.0 Å². The molecule has 3 heterocycles. The second kappa shape index (κ2) is 9.57. The van der Waals surface area contributed by atoms with E-state index in [4.69, 9.17) is 4.74 Å². The molecule has 7 nitrogen and oxygen atoms in total. The Kier molecular flexibility index (Phi) is 6.62. The maximum Gasteiger partial charge on any atom is 0.414 e. The number of hydrogen-bond donors (Lipinski definition) is 2. The molecule has 0 radical (unpaired) electrons. The van der Waals surface area contributed by atoms with Crippen molar-refractivity contribution in [3.8, 4) is 0 Å². The van der Waals surface area contributed by atoms with Crippen molar-refractivity contribution in [3.05, 3.63) is 52.0 Å². The molecule has 1 aromatic heterocycles. The largest absolute Gasteiger partial charge is 0.442 e. The van der Waals surface area contributed by atoms with Crippen LogP contribution in [-0.4, -0.2) is 50.1 Å². The average Bonchev–Trinajstić information content (AvgIpc) is 3.52. The van der Waals surface area contributed by atoms with Crippen LogP contribution in [-0.2, 0) is 9.53 Å². The van der Waals surface area contributed by atoms with Gasteiger partial charge < -0.3 is 15.4 Å². The first-order valence-corrected chi connectivity index (χ1v) is 11.2. The van der Waals surface area contributed by atoms with Crippen molar-refractivity contribution < 1.29 is 23.5 Å². The van der Waals surface area contributed by atoms with E-state index in [-0.39, 0.29) is 49.4 Å². The molecule has 2 N–H and O–H groups in total. The molecular formula is C22H24FN3O4S. The Bertz CT molecular complexity index is 960. The summed E-state index contributed by atoms with van der Waals surface area (Å²) in [4.78, 5) is 38.6. The van der Waals surface area contributed by atoms with Gasteiger partial charge in [0.15, 0.2) is 5.78 Å². The van der Waals surface area contributed by atoms with Crippen LogP contribution >= 0.6 is 11.3 Å². The van der Waals surface area contributed by atoms with Gasteiger partial charge >= 0.3 is 6.09 Å². The maximum absolute atomic E-state index is 14.6. The second-order valence-electron chi connectivity index (χ2n) is 7.68. The molecule has 1 aromatic carbocycles. The predicted octanol–water partition coefficient (Wildman–Crippen LogP) is 3.07. The van der Waals surface area contributed by atoms with Crippen LogP contribution in [0.5, 0.6) is 0 Å². The highest BCUT2D eigenvalue weighted by Gasteiger charge is 2.36. The minimum absolute atomic E-state index is 0.00337. The highest BCUT2D eigenvalue weighted by Crippen LogP contribution is 2.35. The van der Waals surface area contributed by atoms with Gasteiger partial charge in [0.2, 0.25) is 5.91 Å². The lowest BCUT2D eigenvalue weighted by atomic mass is 9.95. The molecule has 2 saturated heterocycles. The van der Waals surface area contributed by atoms with Crippen molar-refractivity contribution in [1.29, 1.82) is 0 Å². The number of benzene rings is 1. The van der Waals surface area contributed by atoms with E-state index < -0.39 is 12.2 Å². The Balaban J connectivity index is 1.32. The van der Waals surface area contributed by atoms with Crippen molar-refractivity contribution >= 4 is 34.8 Å². The SMILES string of the molecule is O=C(CCC(=O)c1cccs1)NC[C@H]1CN(c2cccc(F)c2C2CCNC2)C(=O)O1. The molecule has 9 heteroatoms. The summed E-state index contributed by atoms with van der Waals surface area (Å²) in [7, 11) is 0. The van der Waals surface area contributed by atoms with Crippen LogP contribution in [0.15, 0.2) is 35.7 Å². The number of carbonyl (C=O) groups is 3. The van der Waals surface area contributed by atoms with Gasteiger partial charge in [0.1, 0.15) is 11.9 Å². The van der Waals surface area contributed by atoms with Crippen molar-refractivity contribution in [3.63, 3.8) is 0 Å². The van der Waals surface area contributed by atoms with Crippen LogP contribution in [0.2, 0.25) is 0 Å². The van der Waals surface area contributed by atoms with Crippen LogP contribution in [0, 0.1) is 5.82 Å². The standard InChI is InChI=1S/C22H24FN3O4S/c23-16-3-1-4-17(21(16)14-8-9-24-11-14)26-13-15(30-22(26)29)12-25-20(28)7-6-18(27)19-5-2-10-31-19/h1-5,10,14-15,24H,6-9,11-13H2,(H,25,28)/t14?,15-/m0/s1. The third-order valence-corrected chi connectivity index (χ3v) is 6.48. The number of nitrogens with zero attached hydrogens (tertiary/aromatic N) is 1. The first kappa shape index (κ1) is 21.5. The summed E-state index contributed by atoms with van der Waals surface area (Å²) in [5.41, 5.74) is 1.05. The molecule has 164 valence electrons.